The number of benzene rings is 2. The van der Waals surface area contributed by atoms with Crippen molar-refractivity contribution in [3.8, 4) is 17.2 Å². The van der Waals surface area contributed by atoms with Gasteiger partial charge in [0.05, 0.1) is 25.8 Å². The third kappa shape index (κ3) is 5.58. The maximum atomic E-state index is 11.6. The molecular weight excluding hydrogens is 402 g/mol. The Morgan fingerprint density at radius 1 is 1.12 bits per heavy atom. The molecule has 5 nitrogen and oxygen atoms in total. The van der Waals surface area contributed by atoms with Gasteiger partial charge in [-0.3, -0.25) is 4.79 Å². The van der Waals surface area contributed by atoms with Crippen molar-refractivity contribution in [2.24, 2.45) is 0 Å². The van der Waals surface area contributed by atoms with E-state index in [9.17, 15) is 4.79 Å². The van der Waals surface area contributed by atoms with Gasteiger partial charge in [-0.05, 0) is 68.0 Å². The Morgan fingerprint density at radius 3 is 2.59 bits per heavy atom. The average Bonchev–Trinajstić information content (AvgIpc) is 3.38. The zero-order valence-electron chi connectivity index (χ0n) is 19.7. The molecule has 0 radical (unpaired) electrons. The van der Waals surface area contributed by atoms with E-state index < -0.39 is 0 Å². The largest absolute Gasteiger partial charge is 0.493 e. The fraction of sp³-hybridized carbons (Fsp3) is 0.407. The van der Waals surface area contributed by atoms with Crippen molar-refractivity contribution in [2.75, 3.05) is 13.7 Å². The maximum Gasteiger partial charge on any atom is 0.306 e. The van der Waals surface area contributed by atoms with Gasteiger partial charge in [0.25, 0.3) is 0 Å². The number of aryl methyl sites for hydroxylation is 3. The van der Waals surface area contributed by atoms with E-state index in [0.717, 1.165) is 35.6 Å². The first kappa shape index (κ1) is 23.6. The Hall–Kier alpha value is -3.08. The Bertz CT molecular complexity index is 1040. The molecule has 0 fully saturated rings. The zero-order chi connectivity index (χ0) is 23.1. The molecule has 2 aromatic carbocycles. The zero-order valence-corrected chi connectivity index (χ0v) is 19.7. The summed E-state index contributed by atoms with van der Waals surface area (Å²) in [6.45, 7) is 8.54. The standard InChI is InChI=1S/C25H27NO4.C2H6/c1-16-4-6-18(7-5-16)25-26-23(17(2)30-25)12-13-29-21-10-11-22-19(14-21)8-9-20(22)15-24(27)28-3;1-2/h4-7,10-11,14,20H,8-9,12-13,15H2,1-3H3;1-2H3. The molecule has 1 atom stereocenters. The van der Waals surface area contributed by atoms with Gasteiger partial charge in [-0.25, -0.2) is 4.98 Å². The summed E-state index contributed by atoms with van der Waals surface area (Å²) in [4.78, 5) is 16.2. The molecule has 0 spiro atoms. The summed E-state index contributed by atoms with van der Waals surface area (Å²) in [6, 6.07) is 14.3. The second-order valence-electron chi connectivity index (χ2n) is 7.86. The predicted octanol–water partition coefficient (Wildman–Crippen LogP) is 6.20. The molecule has 0 N–H and O–H groups in total. The van der Waals surface area contributed by atoms with Gasteiger partial charge in [0.1, 0.15) is 11.5 Å². The molecule has 0 amide bonds. The van der Waals surface area contributed by atoms with E-state index in [1.54, 1.807) is 0 Å². The second kappa shape index (κ2) is 11.0. The minimum absolute atomic E-state index is 0.152. The maximum absolute atomic E-state index is 11.6. The number of esters is 1. The summed E-state index contributed by atoms with van der Waals surface area (Å²) in [7, 11) is 1.44. The van der Waals surface area contributed by atoms with Crippen molar-refractivity contribution in [1.82, 2.24) is 4.98 Å². The Morgan fingerprint density at radius 2 is 1.88 bits per heavy atom. The Balaban J connectivity index is 0.00000141. The predicted molar refractivity (Wildman–Crippen MR) is 126 cm³/mol. The van der Waals surface area contributed by atoms with E-state index in [1.807, 2.05) is 39.0 Å². The van der Waals surface area contributed by atoms with E-state index in [0.29, 0.717) is 25.3 Å². The van der Waals surface area contributed by atoms with E-state index >= 15 is 0 Å². The first-order chi connectivity index (χ1) is 15.5. The molecule has 5 heteroatoms. The highest BCUT2D eigenvalue weighted by molar-refractivity contribution is 5.70. The summed E-state index contributed by atoms with van der Waals surface area (Å²) in [6.07, 6.45) is 3.08. The van der Waals surface area contributed by atoms with Gasteiger partial charge in [-0.1, -0.05) is 37.6 Å². The monoisotopic (exact) mass is 435 g/mol. The van der Waals surface area contributed by atoms with Gasteiger partial charge < -0.3 is 13.9 Å². The van der Waals surface area contributed by atoms with E-state index in [1.165, 1.54) is 23.8 Å². The smallest absolute Gasteiger partial charge is 0.306 e. The van der Waals surface area contributed by atoms with Crippen molar-refractivity contribution < 1.29 is 18.7 Å². The molecule has 0 aliphatic heterocycles. The highest BCUT2D eigenvalue weighted by Crippen LogP contribution is 2.37. The lowest BCUT2D eigenvalue weighted by Gasteiger charge is -2.11. The highest BCUT2D eigenvalue weighted by Gasteiger charge is 2.25. The van der Waals surface area contributed by atoms with Crippen LogP contribution < -0.4 is 4.74 Å². The van der Waals surface area contributed by atoms with Crippen molar-refractivity contribution >= 4 is 5.97 Å². The third-order valence-corrected chi connectivity index (χ3v) is 5.76. The molecule has 1 aliphatic carbocycles. The minimum atomic E-state index is -0.152. The van der Waals surface area contributed by atoms with Crippen LogP contribution in [-0.2, 0) is 22.4 Å². The van der Waals surface area contributed by atoms with Gasteiger partial charge in [0.2, 0.25) is 5.89 Å². The number of nitrogens with zero attached hydrogens (tertiary/aromatic N) is 1. The number of hydrogen-bond donors (Lipinski definition) is 0. The van der Waals surface area contributed by atoms with E-state index in [4.69, 9.17) is 13.9 Å². The van der Waals surface area contributed by atoms with Crippen LogP contribution in [0.1, 0.15) is 60.8 Å². The van der Waals surface area contributed by atoms with Crippen LogP contribution in [0.5, 0.6) is 5.75 Å². The summed E-state index contributed by atoms with van der Waals surface area (Å²) in [5.41, 5.74) is 5.62. The Kier molecular flexibility index (Phi) is 8.09. The van der Waals surface area contributed by atoms with Crippen LogP contribution in [0.15, 0.2) is 46.9 Å². The minimum Gasteiger partial charge on any atom is -0.493 e. The first-order valence-electron chi connectivity index (χ1n) is 11.4. The summed E-state index contributed by atoms with van der Waals surface area (Å²) in [5, 5.41) is 0. The molecule has 170 valence electrons. The number of methoxy groups -OCH3 is 1. The molecule has 32 heavy (non-hydrogen) atoms. The van der Waals surface area contributed by atoms with Crippen molar-refractivity contribution in [1.29, 1.82) is 0 Å². The number of carbonyl (C=O) groups is 1. The fourth-order valence-electron chi connectivity index (χ4n) is 4.01. The van der Waals surface area contributed by atoms with Crippen LogP contribution in [0.4, 0.5) is 0 Å². The fourth-order valence-corrected chi connectivity index (χ4v) is 4.01. The normalized spacial score (nSPS) is 14.3. The molecule has 0 bridgehead atoms. The summed E-state index contributed by atoms with van der Waals surface area (Å²) in [5.74, 6) is 2.43. The summed E-state index contributed by atoms with van der Waals surface area (Å²) < 4.78 is 16.7. The lowest BCUT2D eigenvalue weighted by Crippen LogP contribution is -2.06. The molecule has 1 heterocycles. The van der Waals surface area contributed by atoms with Gasteiger partial charge >= 0.3 is 5.97 Å². The SMILES string of the molecule is CC.COC(=O)CC1CCc2cc(OCCc3nc(-c4ccc(C)cc4)oc3C)ccc21. The molecule has 1 aromatic heterocycles. The number of fused-ring (bicyclic) bond motifs is 1. The van der Waals surface area contributed by atoms with E-state index in [2.05, 4.69) is 36.2 Å². The molecule has 0 saturated carbocycles. The third-order valence-electron chi connectivity index (χ3n) is 5.76. The Labute approximate surface area is 190 Å². The number of aromatic nitrogens is 1. The average molecular weight is 436 g/mol. The van der Waals surface area contributed by atoms with Crippen molar-refractivity contribution in [3.05, 3.63) is 70.6 Å². The van der Waals surface area contributed by atoms with Crippen molar-refractivity contribution in [3.63, 3.8) is 0 Å². The van der Waals surface area contributed by atoms with Crippen LogP contribution in [-0.4, -0.2) is 24.7 Å². The van der Waals surface area contributed by atoms with Crippen LogP contribution in [0, 0.1) is 13.8 Å². The van der Waals surface area contributed by atoms with Gasteiger partial charge in [-0.2, -0.15) is 0 Å². The van der Waals surface area contributed by atoms with Gasteiger partial charge in [0, 0.05) is 12.0 Å². The number of oxazole rings is 1. The number of ether oxygens (including phenoxy) is 2. The topological polar surface area (TPSA) is 61.6 Å². The first-order valence-corrected chi connectivity index (χ1v) is 11.4. The van der Waals surface area contributed by atoms with Gasteiger partial charge in [0.15, 0.2) is 0 Å². The quantitative estimate of drug-likeness (QED) is 0.414. The number of rotatable bonds is 7. The van der Waals surface area contributed by atoms with E-state index in [-0.39, 0.29) is 11.9 Å². The van der Waals surface area contributed by atoms with Crippen LogP contribution >= 0.6 is 0 Å². The molecule has 4 rings (SSSR count). The highest BCUT2D eigenvalue weighted by atomic mass is 16.5. The molecule has 0 saturated heterocycles. The molecular formula is C27H33NO4. The lowest BCUT2D eigenvalue weighted by atomic mass is 9.98. The molecule has 3 aromatic rings. The van der Waals surface area contributed by atoms with Gasteiger partial charge in [-0.15, -0.1) is 0 Å². The van der Waals surface area contributed by atoms with Crippen LogP contribution in [0.3, 0.4) is 0 Å². The second-order valence-corrected chi connectivity index (χ2v) is 7.86. The lowest BCUT2D eigenvalue weighted by molar-refractivity contribution is -0.141. The molecule has 1 unspecified atom stereocenters. The summed E-state index contributed by atoms with van der Waals surface area (Å²) >= 11 is 0. The molecule has 1 aliphatic rings. The van der Waals surface area contributed by atoms with Crippen LogP contribution in [0.2, 0.25) is 0 Å². The number of hydrogen-bond acceptors (Lipinski definition) is 5. The number of carbonyl (C=O) groups excluding carboxylic acids is 1. The van der Waals surface area contributed by atoms with Crippen molar-refractivity contribution in [2.45, 2.75) is 59.3 Å². The van der Waals surface area contributed by atoms with Crippen LogP contribution in [0.25, 0.3) is 11.5 Å².